The highest BCUT2D eigenvalue weighted by Crippen LogP contribution is 2.58. The Bertz CT molecular complexity index is 691. The molecule has 32 heavy (non-hydrogen) atoms. The Balaban J connectivity index is 1.08. The SMILES string of the molecule is CC(C(=O)OC12CC3CC(CC(C3)C1)C2)C(=O)C(C)C(=O)OC12CC3CC(CC(C3)C1)C2. The Hall–Kier alpha value is -1.39. The van der Waals surface area contributed by atoms with Crippen molar-refractivity contribution in [2.45, 2.75) is 102 Å². The number of hydrogen-bond donors (Lipinski definition) is 0. The number of carbonyl (C=O) groups is 3. The van der Waals surface area contributed by atoms with Gasteiger partial charge in [0.05, 0.1) is 0 Å². The number of esters is 2. The number of ether oxygens (including phenoxy) is 2. The van der Waals surface area contributed by atoms with Gasteiger partial charge in [0.15, 0.2) is 5.78 Å². The van der Waals surface area contributed by atoms with E-state index in [0.717, 1.165) is 38.5 Å². The van der Waals surface area contributed by atoms with Gasteiger partial charge in [-0.3, -0.25) is 14.4 Å². The molecule has 8 aliphatic carbocycles. The summed E-state index contributed by atoms with van der Waals surface area (Å²) in [6.45, 7) is 3.22. The van der Waals surface area contributed by atoms with Crippen LogP contribution in [-0.4, -0.2) is 28.9 Å². The van der Waals surface area contributed by atoms with Gasteiger partial charge in [0, 0.05) is 0 Å². The van der Waals surface area contributed by atoms with Crippen LogP contribution in [0.1, 0.15) is 90.9 Å². The first-order valence-electron chi connectivity index (χ1n) is 13.2. The van der Waals surface area contributed by atoms with Gasteiger partial charge in [-0.05, 0) is 126 Å². The molecule has 0 N–H and O–H groups in total. The molecule has 0 saturated heterocycles. The Kier molecular flexibility index (Phi) is 4.83. The number of ketones is 1. The molecule has 0 amide bonds. The van der Waals surface area contributed by atoms with Gasteiger partial charge >= 0.3 is 11.9 Å². The van der Waals surface area contributed by atoms with Gasteiger partial charge in [0.25, 0.3) is 0 Å². The Labute approximate surface area is 191 Å². The lowest BCUT2D eigenvalue weighted by atomic mass is 9.54. The molecule has 5 heteroatoms. The summed E-state index contributed by atoms with van der Waals surface area (Å²) in [5.41, 5.74) is -0.716. The van der Waals surface area contributed by atoms with Crippen molar-refractivity contribution in [1.82, 2.24) is 0 Å². The first-order valence-corrected chi connectivity index (χ1v) is 13.2. The smallest absolute Gasteiger partial charge is 0.316 e. The lowest BCUT2D eigenvalue weighted by molar-refractivity contribution is -0.193. The lowest BCUT2D eigenvalue weighted by Gasteiger charge is -2.56. The van der Waals surface area contributed by atoms with Crippen molar-refractivity contribution < 1.29 is 23.9 Å². The van der Waals surface area contributed by atoms with Gasteiger partial charge in [-0.2, -0.15) is 0 Å². The van der Waals surface area contributed by atoms with Crippen molar-refractivity contribution in [1.29, 1.82) is 0 Å². The maximum Gasteiger partial charge on any atom is 0.316 e. The van der Waals surface area contributed by atoms with Gasteiger partial charge in [-0.1, -0.05) is 0 Å². The van der Waals surface area contributed by atoms with E-state index in [4.69, 9.17) is 9.47 Å². The summed E-state index contributed by atoms with van der Waals surface area (Å²) in [7, 11) is 0. The number of Topliss-reactive ketones (excluding diaryl/α,β-unsaturated/α-hetero) is 1. The molecule has 5 nitrogen and oxygen atoms in total. The van der Waals surface area contributed by atoms with Crippen LogP contribution in [-0.2, 0) is 23.9 Å². The molecular weight excluding hydrogens is 404 g/mol. The van der Waals surface area contributed by atoms with Crippen LogP contribution in [0.2, 0.25) is 0 Å². The van der Waals surface area contributed by atoms with Crippen molar-refractivity contribution in [3.8, 4) is 0 Å². The predicted molar refractivity (Wildman–Crippen MR) is 117 cm³/mol. The van der Waals surface area contributed by atoms with Crippen LogP contribution in [0.3, 0.4) is 0 Å². The second kappa shape index (κ2) is 7.30. The average Bonchev–Trinajstić information content (AvgIpc) is 2.69. The molecule has 176 valence electrons. The molecule has 8 aliphatic rings. The van der Waals surface area contributed by atoms with E-state index in [9.17, 15) is 14.4 Å². The fraction of sp³-hybridized carbons (Fsp3) is 0.889. The van der Waals surface area contributed by atoms with Crippen LogP contribution >= 0.6 is 0 Å². The van der Waals surface area contributed by atoms with Gasteiger partial charge in [0.2, 0.25) is 0 Å². The first kappa shape index (κ1) is 21.2. The summed E-state index contributed by atoms with van der Waals surface area (Å²) in [6, 6.07) is 0. The Morgan fingerprint density at radius 2 is 0.812 bits per heavy atom. The monoisotopic (exact) mass is 442 g/mol. The van der Waals surface area contributed by atoms with Crippen molar-refractivity contribution in [2.24, 2.45) is 47.3 Å². The molecule has 0 spiro atoms. The lowest BCUT2D eigenvalue weighted by Crippen LogP contribution is -2.54. The van der Waals surface area contributed by atoms with Gasteiger partial charge < -0.3 is 9.47 Å². The average molecular weight is 443 g/mol. The predicted octanol–water partition coefficient (Wildman–Crippen LogP) is 4.85. The van der Waals surface area contributed by atoms with E-state index in [-0.39, 0.29) is 17.0 Å². The molecule has 0 aromatic heterocycles. The standard InChI is InChI=1S/C27H38O5/c1-15(24(29)31-26-9-17-3-18(10-26)5-19(4-17)11-26)23(28)16(2)25(30)32-27-12-20-6-21(13-27)8-22(7-20)14-27/h15-22H,3-14H2,1-2H3. The third-order valence-electron chi connectivity index (χ3n) is 10.2. The van der Waals surface area contributed by atoms with Crippen LogP contribution in [0.5, 0.6) is 0 Å². The summed E-state index contributed by atoms with van der Waals surface area (Å²) in [6.07, 6.45) is 13.4. The van der Waals surface area contributed by atoms with Gasteiger partial charge in [0.1, 0.15) is 23.0 Å². The van der Waals surface area contributed by atoms with Crippen LogP contribution in [0.4, 0.5) is 0 Å². The quantitative estimate of drug-likeness (QED) is 0.434. The fourth-order valence-corrected chi connectivity index (χ4v) is 9.52. The fourth-order valence-electron chi connectivity index (χ4n) is 9.52. The van der Waals surface area contributed by atoms with E-state index in [2.05, 4.69) is 0 Å². The van der Waals surface area contributed by atoms with Crippen LogP contribution in [0.15, 0.2) is 0 Å². The third kappa shape index (κ3) is 3.53. The number of hydrogen-bond acceptors (Lipinski definition) is 5. The van der Waals surface area contributed by atoms with Gasteiger partial charge in [-0.15, -0.1) is 0 Å². The Morgan fingerprint density at radius 3 is 1.06 bits per heavy atom. The van der Waals surface area contributed by atoms with Crippen molar-refractivity contribution >= 4 is 17.7 Å². The van der Waals surface area contributed by atoms with E-state index in [0.29, 0.717) is 35.5 Å². The number of rotatable bonds is 6. The Morgan fingerprint density at radius 1 is 0.562 bits per heavy atom. The van der Waals surface area contributed by atoms with Crippen molar-refractivity contribution in [3.05, 3.63) is 0 Å². The maximum atomic E-state index is 13.1. The molecule has 0 aliphatic heterocycles. The van der Waals surface area contributed by atoms with Crippen LogP contribution in [0.25, 0.3) is 0 Å². The highest BCUT2D eigenvalue weighted by atomic mass is 16.6. The molecule has 8 saturated carbocycles. The van der Waals surface area contributed by atoms with E-state index in [1.165, 1.54) is 38.5 Å². The zero-order chi connectivity index (χ0) is 22.3. The molecule has 2 atom stereocenters. The first-order chi connectivity index (χ1) is 15.2. The molecule has 8 bridgehead atoms. The molecule has 8 fully saturated rings. The molecular formula is C27H38O5. The summed E-state index contributed by atoms with van der Waals surface area (Å²) in [5.74, 6) is 0.992. The van der Waals surface area contributed by atoms with Crippen LogP contribution in [0, 0.1) is 47.3 Å². The van der Waals surface area contributed by atoms with Crippen molar-refractivity contribution in [3.63, 3.8) is 0 Å². The second-order valence-corrected chi connectivity index (χ2v) is 12.9. The molecule has 0 aromatic carbocycles. The number of carbonyl (C=O) groups excluding carboxylic acids is 3. The largest absolute Gasteiger partial charge is 0.459 e. The zero-order valence-electron chi connectivity index (χ0n) is 19.6. The third-order valence-corrected chi connectivity index (χ3v) is 10.2. The highest BCUT2D eigenvalue weighted by molar-refractivity contribution is 6.07. The van der Waals surface area contributed by atoms with Crippen LogP contribution < -0.4 is 0 Å². The topological polar surface area (TPSA) is 69.7 Å². The highest BCUT2D eigenvalue weighted by Gasteiger charge is 2.55. The molecule has 8 rings (SSSR count). The molecule has 2 unspecified atom stereocenters. The van der Waals surface area contributed by atoms with E-state index < -0.39 is 23.8 Å². The summed E-state index contributed by atoms with van der Waals surface area (Å²) >= 11 is 0. The second-order valence-electron chi connectivity index (χ2n) is 12.9. The normalized spacial score (nSPS) is 47.2. The maximum absolute atomic E-state index is 13.1. The minimum Gasteiger partial charge on any atom is -0.459 e. The minimum absolute atomic E-state index is 0.352. The summed E-state index contributed by atoms with van der Waals surface area (Å²) in [5, 5.41) is 0. The molecule has 0 heterocycles. The molecule has 0 aromatic rings. The summed E-state index contributed by atoms with van der Waals surface area (Å²) < 4.78 is 12.2. The van der Waals surface area contributed by atoms with E-state index in [1.807, 2.05) is 0 Å². The zero-order valence-corrected chi connectivity index (χ0v) is 19.6. The molecule has 0 radical (unpaired) electrons. The van der Waals surface area contributed by atoms with Gasteiger partial charge in [-0.25, -0.2) is 0 Å². The summed E-state index contributed by atoms with van der Waals surface area (Å²) in [4.78, 5) is 39.1. The minimum atomic E-state index is -0.915. The van der Waals surface area contributed by atoms with Crippen molar-refractivity contribution in [2.75, 3.05) is 0 Å². The van der Waals surface area contributed by atoms with E-state index >= 15 is 0 Å². The van der Waals surface area contributed by atoms with E-state index in [1.54, 1.807) is 13.8 Å².